The average Bonchev–Trinajstić information content (AvgIpc) is 3.21. The van der Waals surface area contributed by atoms with Crippen molar-refractivity contribution in [3.63, 3.8) is 0 Å². The molecule has 0 aliphatic heterocycles. The van der Waals surface area contributed by atoms with Gasteiger partial charge in [-0.25, -0.2) is 9.37 Å². The molecule has 7 heteroatoms. The van der Waals surface area contributed by atoms with Crippen LogP contribution in [0, 0.1) is 5.82 Å². The highest BCUT2D eigenvalue weighted by molar-refractivity contribution is 7.14. The van der Waals surface area contributed by atoms with E-state index in [4.69, 9.17) is 16.3 Å². The second-order valence-electron chi connectivity index (χ2n) is 5.98. The van der Waals surface area contributed by atoms with Crippen LogP contribution in [0.1, 0.15) is 5.56 Å². The Morgan fingerprint density at radius 1 is 1.00 bits per heavy atom. The third-order valence-corrected chi connectivity index (χ3v) is 4.98. The number of ether oxygens (including phenoxy) is 1. The second kappa shape index (κ2) is 8.86. The lowest BCUT2D eigenvalue weighted by Gasteiger charge is -2.09. The van der Waals surface area contributed by atoms with Crippen LogP contribution in [-0.4, -0.2) is 11.2 Å². The zero-order valence-corrected chi connectivity index (χ0v) is 16.6. The minimum atomic E-state index is -0.439. The topological polar surface area (TPSA) is 46.5 Å². The van der Waals surface area contributed by atoms with E-state index in [0.29, 0.717) is 21.7 Å². The van der Waals surface area contributed by atoms with Crippen LogP contribution in [0.5, 0.6) is 11.5 Å². The molecule has 144 valence electrons. The van der Waals surface area contributed by atoms with Crippen molar-refractivity contribution >= 4 is 34.3 Å². The summed E-state index contributed by atoms with van der Waals surface area (Å²) in [7, 11) is 0. The summed E-state index contributed by atoms with van der Waals surface area (Å²) in [5.74, 6) is 0.461. The van der Waals surface area contributed by atoms with Gasteiger partial charge in [0, 0.05) is 16.0 Å². The molecule has 1 aromatic heterocycles. The molecule has 0 aliphatic carbocycles. The van der Waals surface area contributed by atoms with E-state index in [1.54, 1.807) is 36.4 Å². The van der Waals surface area contributed by atoms with E-state index in [1.807, 2.05) is 35.7 Å². The highest BCUT2D eigenvalue weighted by atomic mass is 35.5. The lowest BCUT2D eigenvalue weighted by molar-refractivity contribution is 0.475. The normalized spacial score (nSPS) is 11.0. The molecule has 0 fully saturated rings. The molecule has 0 spiro atoms. The monoisotopic (exact) mass is 423 g/mol. The molecule has 0 bridgehead atoms. The summed E-state index contributed by atoms with van der Waals surface area (Å²) < 4.78 is 20.1. The molecule has 0 atom stereocenters. The first-order valence-electron chi connectivity index (χ1n) is 8.71. The van der Waals surface area contributed by atoms with Gasteiger partial charge in [0.05, 0.1) is 17.5 Å². The standard InChI is InChI=1S/C22H15ClFN3OS/c23-16-9-11-17(12-10-16)28-21-8-4-7-19(24)18(21)13-25-27-22-26-20(14-29-22)15-5-2-1-3-6-15/h1-14H,(H,26,27). The van der Waals surface area contributed by atoms with Gasteiger partial charge in [0.25, 0.3) is 0 Å². The average molecular weight is 424 g/mol. The summed E-state index contributed by atoms with van der Waals surface area (Å²) in [6.45, 7) is 0. The molecule has 0 amide bonds. The number of anilines is 1. The third-order valence-electron chi connectivity index (χ3n) is 3.98. The first-order valence-corrected chi connectivity index (χ1v) is 9.97. The summed E-state index contributed by atoms with van der Waals surface area (Å²) in [4.78, 5) is 4.49. The zero-order valence-electron chi connectivity index (χ0n) is 15.0. The minimum Gasteiger partial charge on any atom is -0.457 e. The van der Waals surface area contributed by atoms with E-state index in [9.17, 15) is 4.39 Å². The van der Waals surface area contributed by atoms with Crippen LogP contribution in [0.2, 0.25) is 5.02 Å². The number of thiazole rings is 1. The number of rotatable bonds is 6. The van der Waals surface area contributed by atoms with Gasteiger partial charge in [-0.05, 0) is 36.4 Å². The summed E-state index contributed by atoms with van der Waals surface area (Å²) >= 11 is 7.31. The van der Waals surface area contributed by atoms with Gasteiger partial charge in [-0.15, -0.1) is 11.3 Å². The van der Waals surface area contributed by atoms with Gasteiger partial charge in [0.2, 0.25) is 5.13 Å². The quantitative estimate of drug-likeness (QED) is 0.273. The van der Waals surface area contributed by atoms with Crippen molar-refractivity contribution in [1.82, 2.24) is 4.98 Å². The van der Waals surface area contributed by atoms with Crippen LogP contribution in [0.4, 0.5) is 9.52 Å². The van der Waals surface area contributed by atoms with Crippen molar-refractivity contribution in [2.75, 3.05) is 5.43 Å². The van der Waals surface area contributed by atoms with Crippen molar-refractivity contribution < 1.29 is 9.13 Å². The summed E-state index contributed by atoms with van der Waals surface area (Å²) in [5.41, 5.74) is 4.95. The van der Waals surface area contributed by atoms with Crippen molar-refractivity contribution in [1.29, 1.82) is 0 Å². The van der Waals surface area contributed by atoms with Gasteiger partial charge in [-0.1, -0.05) is 48.0 Å². The summed E-state index contributed by atoms with van der Waals surface area (Å²) in [5, 5.41) is 7.27. The lowest BCUT2D eigenvalue weighted by Crippen LogP contribution is -1.97. The van der Waals surface area contributed by atoms with E-state index in [1.165, 1.54) is 23.6 Å². The van der Waals surface area contributed by atoms with Crippen molar-refractivity contribution in [2.45, 2.75) is 0 Å². The number of hydrazone groups is 1. The fourth-order valence-corrected chi connectivity index (χ4v) is 3.37. The van der Waals surface area contributed by atoms with E-state index >= 15 is 0 Å². The number of hydrogen-bond donors (Lipinski definition) is 1. The molecule has 4 nitrogen and oxygen atoms in total. The SMILES string of the molecule is Fc1cccc(Oc2ccc(Cl)cc2)c1C=NNc1nc(-c2ccccc2)cs1. The van der Waals surface area contributed by atoms with E-state index in [0.717, 1.165) is 11.3 Å². The van der Waals surface area contributed by atoms with Gasteiger partial charge in [-0.3, -0.25) is 5.43 Å². The van der Waals surface area contributed by atoms with Crippen LogP contribution < -0.4 is 10.2 Å². The molecule has 0 radical (unpaired) electrons. The van der Waals surface area contributed by atoms with Crippen LogP contribution in [0.3, 0.4) is 0 Å². The first kappa shape index (κ1) is 19.1. The van der Waals surface area contributed by atoms with Crippen molar-refractivity contribution in [3.05, 3.63) is 94.6 Å². The maximum Gasteiger partial charge on any atom is 0.203 e. The molecule has 0 aliphatic rings. The Hall–Kier alpha value is -3.22. The van der Waals surface area contributed by atoms with Crippen LogP contribution in [0.15, 0.2) is 83.3 Å². The molecule has 1 heterocycles. The third kappa shape index (κ3) is 4.80. The molecular weight excluding hydrogens is 409 g/mol. The van der Waals surface area contributed by atoms with Gasteiger partial charge >= 0.3 is 0 Å². The summed E-state index contributed by atoms with van der Waals surface area (Å²) in [6.07, 6.45) is 1.38. The molecule has 0 saturated heterocycles. The molecule has 4 rings (SSSR count). The van der Waals surface area contributed by atoms with Gasteiger partial charge < -0.3 is 4.74 Å². The molecule has 4 aromatic rings. The maximum absolute atomic E-state index is 14.3. The number of nitrogens with zero attached hydrogens (tertiary/aromatic N) is 2. The van der Waals surface area contributed by atoms with Crippen LogP contribution in [0.25, 0.3) is 11.3 Å². The molecule has 0 saturated carbocycles. The Balaban J connectivity index is 1.50. The number of hydrogen-bond acceptors (Lipinski definition) is 5. The zero-order chi connectivity index (χ0) is 20.1. The largest absolute Gasteiger partial charge is 0.457 e. The Morgan fingerprint density at radius 3 is 2.59 bits per heavy atom. The van der Waals surface area contributed by atoms with Crippen molar-refractivity contribution in [2.24, 2.45) is 5.10 Å². The highest BCUT2D eigenvalue weighted by Gasteiger charge is 2.09. The predicted octanol–water partition coefficient (Wildman–Crippen LogP) is 6.84. The Morgan fingerprint density at radius 2 is 1.79 bits per heavy atom. The van der Waals surface area contributed by atoms with Crippen LogP contribution >= 0.6 is 22.9 Å². The second-order valence-corrected chi connectivity index (χ2v) is 7.28. The number of nitrogens with one attached hydrogen (secondary N) is 1. The minimum absolute atomic E-state index is 0.231. The van der Waals surface area contributed by atoms with Gasteiger partial charge in [0.15, 0.2) is 0 Å². The van der Waals surface area contributed by atoms with Crippen molar-refractivity contribution in [3.8, 4) is 22.8 Å². The molecule has 1 N–H and O–H groups in total. The first-order chi connectivity index (χ1) is 14.2. The van der Waals surface area contributed by atoms with E-state index < -0.39 is 5.82 Å². The molecule has 29 heavy (non-hydrogen) atoms. The van der Waals surface area contributed by atoms with Gasteiger partial charge in [-0.2, -0.15) is 5.10 Å². The Bertz CT molecular complexity index is 1130. The predicted molar refractivity (Wildman–Crippen MR) is 117 cm³/mol. The summed E-state index contributed by atoms with van der Waals surface area (Å²) in [6, 6.07) is 21.3. The molecule has 0 unspecified atom stereocenters. The number of halogens is 2. The fourth-order valence-electron chi connectivity index (χ4n) is 2.58. The fraction of sp³-hybridized carbons (Fsp3) is 0. The molecule has 3 aromatic carbocycles. The molecular formula is C22H15ClFN3OS. The Labute approximate surface area is 176 Å². The van der Waals surface area contributed by atoms with Crippen LogP contribution in [-0.2, 0) is 0 Å². The number of benzene rings is 3. The van der Waals surface area contributed by atoms with Gasteiger partial charge in [0.1, 0.15) is 17.3 Å². The van der Waals surface area contributed by atoms with E-state index in [2.05, 4.69) is 15.5 Å². The highest BCUT2D eigenvalue weighted by Crippen LogP contribution is 2.28. The smallest absolute Gasteiger partial charge is 0.203 e. The Kier molecular flexibility index (Phi) is 5.84. The maximum atomic E-state index is 14.3. The lowest BCUT2D eigenvalue weighted by atomic mass is 10.2. The number of aromatic nitrogens is 1. The van der Waals surface area contributed by atoms with E-state index in [-0.39, 0.29) is 5.56 Å².